The van der Waals surface area contributed by atoms with Gasteiger partial charge < -0.3 is 24.8 Å². The van der Waals surface area contributed by atoms with Crippen LogP contribution in [0.2, 0.25) is 0 Å². The Labute approximate surface area is 262 Å². The van der Waals surface area contributed by atoms with Gasteiger partial charge in [-0.1, -0.05) is 66.7 Å². The molecule has 2 amide bonds. The monoisotopic (exact) mass is 672 g/mol. The van der Waals surface area contributed by atoms with Gasteiger partial charge in [0.2, 0.25) is 0 Å². The van der Waals surface area contributed by atoms with Crippen molar-refractivity contribution in [3.8, 4) is 17.2 Å². The zero-order chi connectivity index (χ0) is 34.3. The number of amides is 2. The predicted octanol–water partition coefficient (Wildman–Crippen LogP) is 8.41. The number of hydrogen-bond acceptors (Lipinski definition) is 4. The molecule has 0 unspecified atom stereocenters. The Morgan fingerprint density at radius 2 is 0.979 bits per heavy atom. The molecule has 15 heteroatoms. The highest BCUT2D eigenvalue weighted by molar-refractivity contribution is 5.74. The summed E-state index contributed by atoms with van der Waals surface area (Å²) in [7, 11) is 0. The fourth-order valence-electron chi connectivity index (χ4n) is 4.89. The van der Waals surface area contributed by atoms with Gasteiger partial charge in [-0.3, -0.25) is 0 Å². The second-order valence-electron chi connectivity index (χ2n) is 10.1. The van der Waals surface area contributed by atoms with E-state index in [0.29, 0.717) is 5.56 Å². The van der Waals surface area contributed by atoms with Crippen LogP contribution in [0.1, 0.15) is 22.3 Å². The number of rotatable bonds is 11. The normalized spacial score (nSPS) is 12.3. The number of urea groups is 1. The molecular formula is C32H25F9N2O4. The molecular weight excluding hydrogens is 647 g/mol. The maximum Gasteiger partial charge on any atom is 0.573 e. The molecule has 0 aliphatic heterocycles. The van der Waals surface area contributed by atoms with Crippen molar-refractivity contribution >= 4 is 6.03 Å². The lowest BCUT2D eigenvalue weighted by molar-refractivity contribution is -0.275. The molecule has 0 bridgehead atoms. The second kappa shape index (κ2) is 14.1. The minimum Gasteiger partial charge on any atom is -0.406 e. The number of hydrogen-bond donors (Lipinski definition) is 2. The first-order valence-electron chi connectivity index (χ1n) is 13.6. The molecule has 0 heterocycles. The molecule has 0 aliphatic rings. The van der Waals surface area contributed by atoms with Crippen molar-refractivity contribution in [2.24, 2.45) is 0 Å². The van der Waals surface area contributed by atoms with Gasteiger partial charge in [-0.2, -0.15) is 0 Å². The molecule has 4 aromatic carbocycles. The van der Waals surface area contributed by atoms with Crippen LogP contribution in [0, 0.1) is 0 Å². The first-order chi connectivity index (χ1) is 22.0. The number of alkyl halides is 9. The van der Waals surface area contributed by atoms with Crippen LogP contribution in [-0.2, 0) is 18.4 Å². The van der Waals surface area contributed by atoms with Crippen LogP contribution >= 0.6 is 0 Å². The zero-order valence-electron chi connectivity index (χ0n) is 24.0. The average molecular weight is 673 g/mol. The number of nitrogens with one attached hydrogen (secondary N) is 2. The summed E-state index contributed by atoms with van der Waals surface area (Å²) in [6, 6.07) is 22.1. The Morgan fingerprint density at radius 3 is 1.47 bits per heavy atom. The lowest BCUT2D eigenvalue weighted by Gasteiger charge is -2.36. The molecule has 0 fully saturated rings. The predicted molar refractivity (Wildman–Crippen MR) is 151 cm³/mol. The third-order valence-corrected chi connectivity index (χ3v) is 6.72. The molecule has 0 atom stereocenters. The second-order valence-corrected chi connectivity index (χ2v) is 10.1. The van der Waals surface area contributed by atoms with Gasteiger partial charge in [-0.15, -0.1) is 39.5 Å². The molecule has 47 heavy (non-hydrogen) atoms. The molecule has 2 N–H and O–H groups in total. The van der Waals surface area contributed by atoms with Crippen molar-refractivity contribution in [1.29, 1.82) is 0 Å². The summed E-state index contributed by atoms with van der Waals surface area (Å²) in [5, 5.41) is 5.09. The molecule has 0 saturated carbocycles. The van der Waals surface area contributed by atoms with Crippen LogP contribution in [-0.4, -0.2) is 31.7 Å². The minimum atomic E-state index is -5.05. The van der Waals surface area contributed by atoms with E-state index in [2.05, 4.69) is 24.8 Å². The molecule has 0 aromatic heterocycles. The maximum atomic E-state index is 13.2. The largest absolute Gasteiger partial charge is 0.573 e. The van der Waals surface area contributed by atoms with E-state index in [4.69, 9.17) is 0 Å². The molecule has 4 aromatic rings. The van der Waals surface area contributed by atoms with E-state index in [-0.39, 0.29) is 36.2 Å². The lowest BCUT2D eigenvalue weighted by Crippen LogP contribution is -2.46. The van der Waals surface area contributed by atoms with E-state index in [1.165, 1.54) is 36.4 Å². The summed E-state index contributed by atoms with van der Waals surface area (Å²) >= 11 is 0. The van der Waals surface area contributed by atoms with Crippen molar-refractivity contribution in [3.63, 3.8) is 0 Å². The summed E-state index contributed by atoms with van der Waals surface area (Å²) in [5.74, 6) is -1.73. The minimum absolute atomic E-state index is 0.0319. The fourth-order valence-corrected chi connectivity index (χ4v) is 4.89. The van der Waals surface area contributed by atoms with E-state index in [0.717, 1.165) is 36.4 Å². The molecule has 0 aliphatic carbocycles. The highest BCUT2D eigenvalue weighted by Gasteiger charge is 2.38. The first kappa shape index (κ1) is 34.8. The Morgan fingerprint density at radius 1 is 0.532 bits per heavy atom. The van der Waals surface area contributed by atoms with Crippen LogP contribution < -0.4 is 24.8 Å². The number of carbonyl (C=O) groups is 1. The van der Waals surface area contributed by atoms with E-state index in [1.807, 2.05) is 0 Å². The highest BCUT2D eigenvalue weighted by atomic mass is 19.4. The number of carbonyl (C=O) groups excluding carboxylic acids is 1. The SMILES string of the molecule is O=C(NCc1cccc(OC(F)(F)F)c1)NCC(Cc1ccccc1)(c1cccc(OC(F)(F)F)c1)c1cccc(OC(F)(F)F)c1. The number of ether oxygens (including phenoxy) is 3. The standard InChI is InChI=1S/C32H25F9N2O4/c33-30(34,35)45-25-12-4-9-22(15-25)19-42-28(44)43-20-29(18-21-7-2-1-3-8-21,23-10-5-13-26(16-23)46-31(36,37)38)24-11-6-14-27(17-24)47-32(39,40)41/h1-17H,18-20H2,(H2,42,43,44). The van der Waals surface area contributed by atoms with E-state index in [1.54, 1.807) is 30.3 Å². The summed E-state index contributed by atoms with van der Waals surface area (Å²) < 4.78 is 129. The summed E-state index contributed by atoms with van der Waals surface area (Å²) in [6.45, 7) is -0.633. The van der Waals surface area contributed by atoms with Crippen LogP contribution in [0.4, 0.5) is 44.3 Å². The van der Waals surface area contributed by atoms with Crippen LogP contribution in [0.3, 0.4) is 0 Å². The quantitative estimate of drug-likeness (QED) is 0.157. The molecule has 0 radical (unpaired) electrons. The Bertz CT molecular complexity index is 1580. The molecule has 0 saturated heterocycles. The summed E-state index contributed by atoms with van der Waals surface area (Å²) in [5.41, 5.74) is -0.379. The molecule has 4 rings (SSSR count). The van der Waals surface area contributed by atoms with Crippen molar-refractivity contribution in [2.75, 3.05) is 6.54 Å². The number of benzene rings is 4. The fraction of sp³-hybridized carbons (Fsp3) is 0.219. The first-order valence-corrected chi connectivity index (χ1v) is 13.6. The van der Waals surface area contributed by atoms with Gasteiger partial charge in [-0.05, 0) is 65.1 Å². The van der Waals surface area contributed by atoms with E-state index < -0.39 is 47.8 Å². The molecule has 6 nitrogen and oxygen atoms in total. The zero-order valence-corrected chi connectivity index (χ0v) is 24.0. The van der Waals surface area contributed by atoms with Crippen molar-refractivity contribution in [1.82, 2.24) is 10.6 Å². The van der Waals surface area contributed by atoms with Crippen LogP contribution in [0.25, 0.3) is 0 Å². The Hall–Kier alpha value is -5.08. The van der Waals surface area contributed by atoms with Crippen molar-refractivity contribution < 1.29 is 58.5 Å². The van der Waals surface area contributed by atoms with Gasteiger partial charge in [0, 0.05) is 18.5 Å². The smallest absolute Gasteiger partial charge is 0.406 e. The van der Waals surface area contributed by atoms with E-state index >= 15 is 0 Å². The Balaban J connectivity index is 1.72. The van der Waals surface area contributed by atoms with Gasteiger partial charge in [0.25, 0.3) is 0 Å². The van der Waals surface area contributed by atoms with E-state index in [9.17, 15) is 44.3 Å². The van der Waals surface area contributed by atoms with Gasteiger partial charge >= 0.3 is 25.1 Å². The van der Waals surface area contributed by atoms with Gasteiger partial charge in [-0.25, -0.2) is 4.79 Å². The van der Waals surface area contributed by atoms with Crippen molar-refractivity contribution in [2.45, 2.75) is 37.5 Å². The van der Waals surface area contributed by atoms with Crippen LogP contribution in [0.5, 0.6) is 17.2 Å². The highest BCUT2D eigenvalue weighted by Crippen LogP contribution is 2.40. The Kier molecular flexibility index (Phi) is 10.5. The third-order valence-electron chi connectivity index (χ3n) is 6.72. The summed E-state index contributed by atoms with van der Waals surface area (Å²) in [4.78, 5) is 13.0. The number of halogens is 9. The lowest BCUT2D eigenvalue weighted by atomic mass is 9.70. The molecule has 250 valence electrons. The van der Waals surface area contributed by atoms with Crippen molar-refractivity contribution in [3.05, 3.63) is 125 Å². The van der Waals surface area contributed by atoms with Crippen LogP contribution in [0.15, 0.2) is 103 Å². The topological polar surface area (TPSA) is 68.8 Å². The third kappa shape index (κ3) is 10.8. The maximum absolute atomic E-state index is 13.2. The molecule has 0 spiro atoms. The van der Waals surface area contributed by atoms with Gasteiger partial charge in [0.1, 0.15) is 17.2 Å². The van der Waals surface area contributed by atoms with Gasteiger partial charge in [0.05, 0.1) is 0 Å². The average Bonchev–Trinajstić information content (AvgIpc) is 2.96. The summed E-state index contributed by atoms with van der Waals surface area (Å²) in [6.07, 6.45) is -15.1. The van der Waals surface area contributed by atoms with Gasteiger partial charge in [0.15, 0.2) is 0 Å².